The van der Waals surface area contributed by atoms with E-state index >= 15 is 0 Å². The van der Waals surface area contributed by atoms with Gasteiger partial charge in [-0.15, -0.1) is 5.10 Å². The van der Waals surface area contributed by atoms with Gasteiger partial charge in [0.05, 0.1) is 5.52 Å². The van der Waals surface area contributed by atoms with E-state index in [2.05, 4.69) is 33.6 Å². The van der Waals surface area contributed by atoms with Gasteiger partial charge in [-0.2, -0.15) is 0 Å². The zero-order chi connectivity index (χ0) is 6.10. The average molecular weight is 116 g/mol. The van der Waals surface area contributed by atoms with Crippen LogP contribution in [0, 0.1) is 18.2 Å². The van der Waals surface area contributed by atoms with Gasteiger partial charge in [-0.25, -0.2) is 0 Å². The van der Waals surface area contributed by atoms with Crippen molar-refractivity contribution in [2.75, 3.05) is 0 Å². The molecule has 0 saturated heterocycles. The molecular weight excluding hydrogens is 114 g/mol. The van der Waals surface area contributed by atoms with E-state index in [0.717, 1.165) is 5.52 Å². The third kappa shape index (κ3) is 0.579. The molecule has 0 unspecified atom stereocenters. The Morgan fingerprint density at radius 3 is 3.44 bits per heavy atom. The molecule has 2 aromatic rings. The number of aromatic amines is 1. The van der Waals surface area contributed by atoms with E-state index in [0.29, 0.717) is 5.52 Å². The first-order valence-electron chi connectivity index (χ1n) is 2.47. The van der Waals surface area contributed by atoms with Gasteiger partial charge in [0.15, 0.2) is 0 Å². The summed E-state index contributed by atoms with van der Waals surface area (Å²) in [6.45, 7) is 0. The number of rotatable bonds is 0. The molecule has 1 N–H and O–H groups in total. The highest BCUT2D eigenvalue weighted by molar-refractivity contribution is 5.71. The van der Waals surface area contributed by atoms with Crippen LogP contribution in [0.3, 0.4) is 0 Å². The number of fused-ring (bicyclic) bond motifs is 1. The van der Waals surface area contributed by atoms with Crippen LogP contribution in [0.25, 0.3) is 11.0 Å². The summed E-state index contributed by atoms with van der Waals surface area (Å²) in [6.07, 6.45) is 0. The van der Waals surface area contributed by atoms with Crippen molar-refractivity contribution in [2.24, 2.45) is 0 Å². The van der Waals surface area contributed by atoms with Crippen LogP contribution in [0.4, 0.5) is 0 Å². The monoisotopic (exact) mass is 116 g/mol. The van der Waals surface area contributed by atoms with E-state index in [9.17, 15) is 0 Å². The SMILES string of the molecule is [c]1[c]cc2[nH]nnc2[c]1. The average Bonchev–Trinajstić information content (AvgIpc) is 2.33. The maximum atomic E-state index is 3.71. The Labute approximate surface area is 51.7 Å². The maximum Gasteiger partial charge on any atom is 0.121 e. The minimum Gasteiger partial charge on any atom is -0.257 e. The molecule has 0 fully saturated rings. The van der Waals surface area contributed by atoms with Gasteiger partial charge in [-0.3, -0.25) is 5.10 Å². The first-order chi connectivity index (χ1) is 4.47. The Morgan fingerprint density at radius 1 is 1.56 bits per heavy atom. The fraction of sp³-hybridized carbons (Fsp3) is 0. The summed E-state index contributed by atoms with van der Waals surface area (Å²) in [5.41, 5.74) is 1.54. The van der Waals surface area contributed by atoms with Crippen molar-refractivity contribution in [2.45, 2.75) is 0 Å². The topological polar surface area (TPSA) is 41.6 Å². The largest absolute Gasteiger partial charge is 0.257 e. The summed E-state index contributed by atoms with van der Waals surface area (Å²) in [4.78, 5) is 0. The number of hydrogen-bond acceptors (Lipinski definition) is 2. The van der Waals surface area contributed by atoms with Crippen LogP contribution in [0.1, 0.15) is 0 Å². The van der Waals surface area contributed by atoms with E-state index in [-0.39, 0.29) is 0 Å². The third-order valence-corrected chi connectivity index (χ3v) is 1.05. The summed E-state index contributed by atoms with van der Waals surface area (Å²) in [7, 11) is 0. The molecule has 0 atom stereocenters. The zero-order valence-electron chi connectivity index (χ0n) is 4.47. The van der Waals surface area contributed by atoms with Crippen molar-refractivity contribution in [3.05, 3.63) is 24.3 Å². The van der Waals surface area contributed by atoms with Crippen LogP contribution < -0.4 is 0 Å². The molecule has 0 amide bonds. The molecule has 0 spiro atoms. The fourth-order valence-corrected chi connectivity index (χ4v) is 0.632. The van der Waals surface area contributed by atoms with Gasteiger partial charge in [0.25, 0.3) is 0 Å². The Balaban J connectivity index is 2.95. The number of H-pyrrole nitrogens is 1. The highest BCUT2D eigenvalue weighted by Gasteiger charge is 1.91. The Hall–Kier alpha value is -1.38. The second kappa shape index (κ2) is 1.55. The number of hydrogen-bond donors (Lipinski definition) is 1. The molecular formula is C6H2N3. The second-order valence-corrected chi connectivity index (χ2v) is 1.61. The number of aromatic nitrogens is 3. The highest BCUT2D eigenvalue weighted by atomic mass is 15.3. The summed E-state index contributed by atoms with van der Waals surface area (Å²) < 4.78 is 0. The lowest BCUT2D eigenvalue weighted by Gasteiger charge is -1.77. The molecule has 9 heavy (non-hydrogen) atoms. The number of benzene rings is 1. The van der Waals surface area contributed by atoms with Gasteiger partial charge in [0, 0.05) is 12.1 Å². The molecule has 1 heterocycles. The predicted octanol–water partition coefficient (Wildman–Crippen LogP) is 0.358. The van der Waals surface area contributed by atoms with E-state index in [1.807, 2.05) is 0 Å². The zero-order valence-corrected chi connectivity index (χ0v) is 4.47. The van der Waals surface area contributed by atoms with Crippen LogP contribution in [-0.4, -0.2) is 15.4 Å². The quantitative estimate of drug-likeness (QED) is 0.539. The van der Waals surface area contributed by atoms with Crippen molar-refractivity contribution in [1.82, 2.24) is 15.4 Å². The van der Waals surface area contributed by atoms with Crippen molar-refractivity contribution in [1.29, 1.82) is 0 Å². The molecule has 0 aliphatic carbocycles. The van der Waals surface area contributed by atoms with Crippen LogP contribution >= 0.6 is 0 Å². The molecule has 3 heteroatoms. The minimum absolute atomic E-state index is 0.703. The molecule has 0 aliphatic heterocycles. The van der Waals surface area contributed by atoms with E-state index in [4.69, 9.17) is 0 Å². The van der Waals surface area contributed by atoms with Gasteiger partial charge in [-0.05, 0) is 12.1 Å². The number of nitrogens with zero attached hydrogens (tertiary/aromatic N) is 2. The van der Waals surface area contributed by atoms with Gasteiger partial charge >= 0.3 is 0 Å². The Kier molecular flexibility index (Phi) is 0.773. The molecule has 1 aromatic heterocycles. The first kappa shape index (κ1) is 4.49. The fourth-order valence-electron chi connectivity index (χ4n) is 0.632. The lowest BCUT2D eigenvalue weighted by atomic mass is 10.3. The van der Waals surface area contributed by atoms with Crippen molar-refractivity contribution in [3.8, 4) is 0 Å². The van der Waals surface area contributed by atoms with E-state index in [1.54, 1.807) is 6.07 Å². The lowest BCUT2D eigenvalue weighted by molar-refractivity contribution is 0.959. The molecule has 3 nitrogen and oxygen atoms in total. The van der Waals surface area contributed by atoms with Gasteiger partial charge < -0.3 is 0 Å². The minimum atomic E-state index is 0.703. The van der Waals surface area contributed by atoms with E-state index < -0.39 is 0 Å². The van der Waals surface area contributed by atoms with Crippen LogP contribution in [0.2, 0.25) is 0 Å². The van der Waals surface area contributed by atoms with Gasteiger partial charge in [0.1, 0.15) is 5.52 Å². The molecule has 2 rings (SSSR count). The molecule has 3 radical (unpaired) electrons. The van der Waals surface area contributed by atoms with Gasteiger partial charge in [0.2, 0.25) is 0 Å². The Bertz CT molecular complexity index is 282. The number of nitrogens with one attached hydrogen (secondary N) is 1. The smallest absolute Gasteiger partial charge is 0.121 e. The summed E-state index contributed by atoms with van der Waals surface area (Å²) in [5.74, 6) is 0. The third-order valence-electron chi connectivity index (χ3n) is 1.05. The normalized spacial score (nSPS) is 10.2. The molecule has 41 valence electrons. The van der Waals surface area contributed by atoms with Crippen molar-refractivity contribution < 1.29 is 0 Å². The summed E-state index contributed by atoms with van der Waals surface area (Å²) in [5, 5.41) is 9.94. The predicted molar refractivity (Wildman–Crippen MR) is 30.4 cm³/mol. The van der Waals surface area contributed by atoms with Crippen LogP contribution in [0.5, 0.6) is 0 Å². The van der Waals surface area contributed by atoms with Crippen LogP contribution in [0.15, 0.2) is 6.07 Å². The van der Waals surface area contributed by atoms with Crippen LogP contribution in [-0.2, 0) is 0 Å². The van der Waals surface area contributed by atoms with Crippen molar-refractivity contribution >= 4 is 11.0 Å². The summed E-state index contributed by atoms with van der Waals surface area (Å²) >= 11 is 0. The maximum absolute atomic E-state index is 3.71. The second-order valence-electron chi connectivity index (χ2n) is 1.61. The highest BCUT2D eigenvalue weighted by Crippen LogP contribution is 2.01. The standard InChI is InChI=1S/C6H2N3/c1-2-4-6-5(3-1)7-9-8-6/h3H,(H,7,8,9). The molecule has 0 aliphatic rings. The van der Waals surface area contributed by atoms with Crippen molar-refractivity contribution in [3.63, 3.8) is 0 Å². The molecule has 0 bridgehead atoms. The molecule has 0 saturated carbocycles. The molecule has 1 aromatic carbocycles. The summed E-state index contributed by atoms with van der Waals surface area (Å²) in [6, 6.07) is 9.85. The lowest BCUT2D eigenvalue weighted by Crippen LogP contribution is -1.66. The first-order valence-corrected chi connectivity index (χ1v) is 2.47. The Morgan fingerprint density at radius 2 is 2.56 bits per heavy atom. The van der Waals surface area contributed by atoms with Gasteiger partial charge in [-0.1, -0.05) is 5.21 Å². The van der Waals surface area contributed by atoms with E-state index in [1.165, 1.54) is 0 Å².